The molecule has 3 N–H and O–H groups in total. The van der Waals surface area contributed by atoms with E-state index in [-0.39, 0.29) is 0 Å². The molecule has 4 rings (SSSR count). The first-order valence-corrected chi connectivity index (χ1v) is 18.2. The quantitative estimate of drug-likeness (QED) is 0.0725. The van der Waals surface area contributed by atoms with E-state index < -0.39 is 0 Å². The van der Waals surface area contributed by atoms with E-state index >= 15 is 0 Å². The highest BCUT2D eigenvalue weighted by atomic mass is 16.5. The van der Waals surface area contributed by atoms with E-state index in [1.54, 1.807) is 0 Å². The van der Waals surface area contributed by atoms with Crippen molar-refractivity contribution in [1.29, 1.82) is 0 Å². The Balaban J connectivity index is 0.000000286. The van der Waals surface area contributed by atoms with Crippen LogP contribution in [0, 0.1) is 0 Å². The summed E-state index contributed by atoms with van der Waals surface area (Å²) in [5.74, 6) is 3.55. The SMILES string of the molecule is CCCCCCOc1cccc(OCCCCN)c1.CCCCCCOc1cccc(OCCCCNc2ccnc3ccccc23)c1. The minimum absolute atomic E-state index is 0.707. The van der Waals surface area contributed by atoms with E-state index in [1.165, 1.54) is 38.5 Å². The molecular weight excluding hydrogens is 598 g/mol. The van der Waals surface area contributed by atoms with Gasteiger partial charge in [0.2, 0.25) is 0 Å². The lowest BCUT2D eigenvalue weighted by molar-refractivity contribution is 0.291. The minimum Gasteiger partial charge on any atom is -0.493 e. The monoisotopic (exact) mass is 657 g/mol. The average Bonchev–Trinajstić information content (AvgIpc) is 3.12. The van der Waals surface area contributed by atoms with Gasteiger partial charge < -0.3 is 30.0 Å². The Morgan fingerprint density at radius 2 is 1.04 bits per heavy atom. The topological polar surface area (TPSA) is 87.9 Å². The number of pyridine rings is 1. The van der Waals surface area contributed by atoms with Gasteiger partial charge in [-0.05, 0) is 81.5 Å². The highest BCUT2D eigenvalue weighted by molar-refractivity contribution is 5.90. The van der Waals surface area contributed by atoms with Gasteiger partial charge in [0, 0.05) is 35.9 Å². The smallest absolute Gasteiger partial charge is 0.122 e. The molecular formula is C41H59N3O4. The molecule has 0 radical (unpaired) electrons. The van der Waals surface area contributed by atoms with E-state index in [4.69, 9.17) is 24.7 Å². The van der Waals surface area contributed by atoms with Crippen LogP contribution in [0.15, 0.2) is 85.1 Å². The maximum absolute atomic E-state index is 5.90. The van der Waals surface area contributed by atoms with Crippen molar-refractivity contribution < 1.29 is 18.9 Å². The number of nitrogens with zero attached hydrogens (tertiary/aromatic N) is 1. The lowest BCUT2D eigenvalue weighted by Crippen LogP contribution is -2.05. The number of para-hydroxylation sites is 1. The third-order valence-corrected chi connectivity index (χ3v) is 7.82. The van der Waals surface area contributed by atoms with Gasteiger partial charge in [-0.15, -0.1) is 0 Å². The summed E-state index contributed by atoms with van der Waals surface area (Å²) in [5.41, 5.74) is 7.61. The van der Waals surface area contributed by atoms with Crippen molar-refractivity contribution in [3.8, 4) is 23.0 Å². The van der Waals surface area contributed by atoms with Crippen LogP contribution < -0.4 is 30.0 Å². The number of anilines is 1. The fourth-order valence-electron chi connectivity index (χ4n) is 5.07. The summed E-state index contributed by atoms with van der Waals surface area (Å²) >= 11 is 0. The molecule has 0 aliphatic rings. The Labute approximate surface area is 289 Å². The summed E-state index contributed by atoms with van der Waals surface area (Å²) < 4.78 is 23.1. The molecule has 0 unspecified atom stereocenters. The number of nitrogens with two attached hydrogens (primary N) is 1. The summed E-state index contributed by atoms with van der Waals surface area (Å²) in [6, 6.07) is 26.1. The largest absolute Gasteiger partial charge is 0.493 e. The second-order valence-electron chi connectivity index (χ2n) is 12.0. The maximum Gasteiger partial charge on any atom is 0.122 e. The van der Waals surface area contributed by atoms with Crippen LogP contribution >= 0.6 is 0 Å². The number of benzene rings is 3. The molecule has 4 aromatic rings. The Morgan fingerprint density at radius 1 is 0.542 bits per heavy atom. The van der Waals surface area contributed by atoms with Crippen molar-refractivity contribution in [3.63, 3.8) is 0 Å². The third kappa shape index (κ3) is 16.2. The van der Waals surface area contributed by atoms with E-state index in [1.807, 2.05) is 79.0 Å². The van der Waals surface area contributed by atoms with Gasteiger partial charge in [0.25, 0.3) is 0 Å². The standard InChI is InChI=1S/C25H32N2O2.C16H27NO2/c1-2-3-4-8-18-28-21-11-10-12-22(20-21)29-19-9-7-16-26-25-15-17-27-24-14-6-5-13-23(24)25;1-2-3-4-6-12-18-15-9-8-10-16(14-15)19-13-7-5-11-17/h5-6,10-15,17,20H,2-4,7-9,16,18-19H2,1H3,(H,26,27);8-10,14H,2-7,11-13,17H2,1H3. The number of hydrogen-bond donors (Lipinski definition) is 2. The Bertz CT molecular complexity index is 1380. The van der Waals surface area contributed by atoms with Gasteiger partial charge in [-0.3, -0.25) is 4.98 Å². The van der Waals surface area contributed by atoms with Gasteiger partial charge in [0.15, 0.2) is 0 Å². The first-order valence-electron chi connectivity index (χ1n) is 18.2. The number of aromatic nitrogens is 1. The molecule has 0 saturated heterocycles. The van der Waals surface area contributed by atoms with Crippen LogP contribution in [0.4, 0.5) is 5.69 Å². The van der Waals surface area contributed by atoms with Crippen molar-refractivity contribution in [2.45, 2.75) is 90.9 Å². The van der Waals surface area contributed by atoms with Crippen LogP contribution in [0.25, 0.3) is 10.9 Å². The van der Waals surface area contributed by atoms with Gasteiger partial charge in [0.1, 0.15) is 23.0 Å². The fraction of sp³-hybridized carbons (Fsp3) is 0.488. The summed E-state index contributed by atoms with van der Waals surface area (Å²) in [5, 5.41) is 4.68. The Kier molecular flexibility index (Phi) is 20.1. The Hall–Kier alpha value is -3.97. The molecule has 7 nitrogen and oxygen atoms in total. The predicted molar refractivity (Wildman–Crippen MR) is 201 cm³/mol. The highest BCUT2D eigenvalue weighted by Gasteiger charge is 2.02. The second-order valence-corrected chi connectivity index (χ2v) is 12.0. The van der Waals surface area contributed by atoms with Gasteiger partial charge in [-0.1, -0.05) is 82.7 Å². The summed E-state index contributed by atoms with van der Waals surface area (Å²) in [6.45, 7) is 9.07. The van der Waals surface area contributed by atoms with Gasteiger partial charge in [-0.2, -0.15) is 0 Å². The van der Waals surface area contributed by atoms with Crippen LogP contribution in [0.5, 0.6) is 23.0 Å². The Morgan fingerprint density at radius 3 is 1.56 bits per heavy atom. The number of ether oxygens (including phenoxy) is 4. The van der Waals surface area contributed by atoms with E-state index in [0.29, 0.717) is 6.61 Å². The molecule has 48 heavy (non-hydrogen) atoms. The average molecular weight is 658 g/mol. The highest BCUT2D eigenvalue weighted by Crippen LogP contribution is 2.22. The van der Waals surface area contributed by atoms with Gasteiger partial charge in [-0.25, -0.2) is 0 Å². The van der Waals surface area contributed by atoms with Crippen LogP contribution in [-0.2, 0) is 0 Å². The molecule has 3 aromatic carbocycles. The van der Waals surface area contributed by atoms with Crippen LogP contribution in [0.1, 0.15) is 90.9 Å². The summed E-state index contributed by atoms with van der Waals surface area (Å²) in [7, 11) is 0. The first-order chi connectivity index (χ1) is 23.7. The molecule has 0 bridgehead atoms. The fourth-order valence-corrected chi connectivity index (χ4v) is 5.07. The summed E-state index contributed by atoms with van der Waals surface area (Å²) in [6.07, 6.45) is 15.7. The number of nitrogens with one attached hydrogen (secondary N) is 1. The van der Waals surface area contributed by atoms with Crippen molar-refractivity contribution >= 4 is 16.6 Å². The van der Waals surface area contributed by atoms with Gasteiger partial charge >= 0.3 is 0 Å². The predicted octanol–water partition coefficient (Wildman–Crippen LogP) is 10.2. The van der Waals surface area contributed by atoms with Crippen LogP contribution in [-0.4, -0.2) is 44.5 Å². The van der Waals surface area contributed by atoms with Gasteiger partial charge in [0.05, 0.1) is 31.9 Å². The molecule has 0 atom stereocenters. The molecule has 0 aliphatic carbocycles. The number of rotatable bonds is 24. The molecule has 1 aromatic heterocycles. The number of unbranched alkanes of at least 4 members (excludes halogenated alkanes) is 8. The lowest BCUT2D eigenvalue weighted by atomic mass is 10.2. The number of fused-ring (bicyclic) bond motifs is 1. The molecule has 7 heteroatoms. The van der Waals surface area contributed by atoms with E-state index in [2.05, 4.69) is 30.2 Å². The molecule has 0 spiro atoms. The first kappa shape index (κ1) is 38.5. The van der Waals surface area contributed by atoms with Crippen molar-refractivity contribution in [1.82, 2.24) is 4.98 Å². The zero-order valence-corrected chi connectivity index (χ0v) is 29.5. The third-order valence-electron chi connectivity index (χ3n) is 7.82. The molecule has 0 saturated carbocycles. The van der Waals surface area contributed by atoms with E-state index in [0.717, 1.165) is 111 Å². The zero-order chi connectivity index (χ0) is 33.9. The summed E-state index contributed by atoms with van der Waals surface area (Å²) in [4.78, 5) is 4.40. The van der Waals surface area contributed by atoms with E-state index in [9.17, 15) is 0 Å². The molecule has 1 heterocycles. The molecule has 0 amide bonds. The lowest BCUT2D eigenvalue weighted by Gasteiger charge is -2.11. The minimum atomic E-state index is 0.707. The molecule has 0 fully saturated rings. The van der Waals surface area contributed by atoms with Crippen molar-refractivity contribution in [2.75, 3.05) is 44.8 Å². The number of hydrogen-bond acceptors (Lipinski definition) is 7. The second kappa shape index (κ2) is 25.1. The van der Waals surface area contributed by atoms with Crippen molar-refractivity contribution in [3.05, 3.63) is 85.1 Å². The van der Waals surface area contributed by atoms with Crippen LogP contribution in [0.2, 0.25) is 0 Å². The maximum atomic E-state index is 5.90. The molecule has 262 valence electrons. The molecule has 0 aliphatic heterocycles. The zero-order valence-electron chi connectivity index (χ0n) is 29.5. The normalized spacial score (nSPS) is 10.6. The van der Waals surface area contributed by atoms with Crippen LogP contribution in [0.3, 0.4) is 0 Å². The van der Waals surface area contributed by atoms with Crippen molar-refractivity contribution in [2.24, 2.45) is 5.73 Å².